The normalized spacial score (nSPS) is 19.7. The van der Waals surface area contributed by atoms with Crippen LogP contribution in [0.4, 0.5) is 5.95 Å². The molecule has 5 rings (SSSR count). The second-order valence-corrected chi connectivity index (χ2v) is 8.37. The molecule has 0 amide bonds. The van der Waals surface area contributed by atoms with E-state index in [1.165, 1.54) is 5.56 Å². The predicted octanol–water partition coefficient (Wildman–Crippen LogP) is 2.20. The van der Waals surface area contributed by atoms with E-state index in [4.69, 9.17) is 14.4 Å². The first kappa shape index (κ1) is 19.0. The lowest BCUT2D eigenvalue weighted by Crippen LogP contribution is -3.13. The smallest absolute Gasteiger partial charge is 0.226 e. The molecule has 1 saturated heterocycles. The SMILES string of the molecule is Cc1nc(N2CC[NH+](Cc3ccccc3)CC2)nc2c1C(=O)C[C@@H](c1ccco1)C2. The monoisotopic (exact) mass is 403 g/mol. The summed E-state index contributed by atoms with van der Waals surface area (Å²) >= 11 is 0. The van der Waals surface area contributed by atoms with Gasteiger partial charge in [-0.15, -0.1) is 0 Å². The van der Waals surface area contributed by atoms with Crippen LogP contribution in [0.25, 0.3) is 0 Å². The number of Topliss-reactive ketones (excluding diaryl/α,β-unsaturated/α-hetero) is 1. The van der Waals surface area contributed by atoms with E-state index in [1.807, 2.05) is 19.1 Å². The molecule has 1 aliphatic carbocycles. The number of anilines is 1. The number of aryl methyl sites for hydroxylation is 1. The Hall–Kier alpha value is -2.99. The van der Waals surface area contributed by atoms with Gasteiger partial charge in [0.2, 0.25) is 5.95 Å². The Morgan fingerprint density at radius 2 is 1.87 bits per heavy atom. The second-order valence-electron chi connectivity index (χ2n) is 8.37. The van der Waals surface area contributed by atoms with Gasteiger partial charge in [-0.1, -0.05) is 30.3 Å². The lowest BCUT2D eigenvalue weighted by Gasteiger charge is -2.33. The molecular weight excluding hydrogens is 376 g/mol. The van der Waals surface area contributed by atoms with Crippen LogP contribution in [0.5, 0.6) is 0 Å². The third kappa shape index (κ3) is 3.75. The van der Waals surface area contributed by atoms with Crippen LogP contribution in [0.1, 0.15) is 45.4 Å². The maximum atomic E-state index is 12.8. The molecule has 6 nitrogen and oxygen atoms in total. The highest BCUT2D eigenvalue weighted by atomic mass is 16.3. The summed E-state index contributed by atoms with van der Waals surface area (Å²) in [7, 11) is 0. The number of nitrogens with zero attached hydrogens (tertiary/aromatic N) is 3. The summed E-state index contributed by atoms with van der Waals surface area (Å²) in [5.41, 5.74) is 3.77. The lowest BCUT2D eigenvalue weighted by molar-refractivity contribution is -0.914. The van der Waals surface area contributed by atoms with Gasteiger partial charge in [-0.3, -0.25) is 4.79 Å². The summed E-state index contributed by atoms with van der Waals surface area (Å²) < 4.78 is 5.56. The Morgan fingerprint density at radius 1 is 1.07 bits per heavy atom. The molecule has 154 valence electrons. The number of ketones is 1. The van der Waals surface area contributed by atoms with Crippen LogP contribution in [0.3, 0.4) is 0 Å². The number of quaternary nitrogens is 1. The van der Waals surface area contributed by atoms with Crippen LogP contribution in [0.2, 0.25) is 0 Å². The highest BCUT2D eigenvalue weighted by molar-refractivity contribution is 5.99. The van der Waals surface area contributed by atoms with E-state index in [9.17, 15) is 4.79 Å². The van der Waals surface area contributed by atoms with Crippen molar-refractivity contribution >= 4 is 11.7 Å². The van der Waals surface area contributed by atoms with Gasteiger partial charge in [0.15, 0.2) is 5.78 Å². The third-order valence-electron chi connectivity index (χ3n) is 6.30. The van der Waals surface area contributed by atoms with Crippen molar-refractivity contribution in [2.75, 3.05) is 31.1 Å². The topological polar surface area (TPSA) is 63.7 Å². The fourth-order valence-electron chi connectivity index (χ4n) is 4.71. The molecule has 3 aromatic rings. The Bertz CT molecular complexity index is 1020. The van der Waals surface area contributed by atoms with Crippen molar-refractivity contribution in [2.45, 2.75) is 32.2 Å². The molecule has 1 N–H and O–H groups in total. The molecule has 0 radical (unpaired) electrons. The highest BCUT2D eigenvalue weighted by Gasteiger charge is 2.32. The number of carbonyl (C=O) groups is 1. The Labute approximate surface area is 176 Å². The van der Waals surface area contributed by atoms with Crippen molar-refractivity contribution in [2.24, 2.45) is 0 Å². The molecule has 2 aliphatic rings. The average molecular weight is 404 g/mol. The van der Waals surface area contributed by atoms with Gasteiger partial charge in [-0.05, 0) is 19.1 Å². The zero-order valence-corrected chi connectivity index (χ0v) is 17.3. The first-order valence-corrected chi connectivity index (χ1v) is 10.7. The number of aromatic nitrogens is 2. The van der Waals surface area contributed by atoms with Crippen LogP contribution < -0.4 is 9.80 Å². The molecule has 6 heteroatoms. The summed E-state index contributed by atoms with van der Waals surface area (Å²) in [5, 5.41) is 0. The van der Waals surface area contributed by atoms with Crippen molar-refractivity contribution in [3.63, 3.8) is 0 Å². The zero-order chi connectivity index (χ0) is 20.5. The second kappa shape index (κ2) is 8.03. The van der Waals surface area contributed by atoms with Gasteiger partial charge in [0.1, 0.15) is 12.3 Å². The number of hydrogen-bond donors (Lipinski definition) is 1. The van der Waals surface area contributed by atoms with Gasteiger partial charge < -0.3 is 14.2 Å². The van der Waals surface area contributed by atoms with Crippen LogP contribution >= 0.6 is 0 Å². The molecule has 1 fully saturated rings. The largest absolute Gasteiger partial charge is 0.469 e. The number of fused-ring (bicyclic) bond motifs is 1. The van der Waals surface area contributed by atoms with Crippen LogP contribution in [0.15, 0.2) is 53.1 Å². The van der Waals surface area contributed by atoms with Crippen LogP contribution in [-0.4, -0.2) is 41.9 Å². The maximum Gasteiger partial charge on any atom is 0.226 e. The average Bonchev–Trinajstić information content (AvgIpc) is 3.29. The summed E-state index contributed by atoms with van der Waals surface area (Å²) in [5.74, 6) is 1.82. The van der Waals surface area contributed by atoms with Crippen molar-refractivity contribution in [3.8, 4) is 0 Å². The Balaban J connectivity index is 1.31. The first-order valence-electron chi connectivity index (χ1n) is 10.7. The van der Waals surface area contributed by atoms with Crippen molar-refractivity contribution in [3.05, 3.63) is 77.0 Å². The van der Waals surface area contributed by atoms with E-state index in [1.54, 1.807) is 11.2 Å². The minimum atomic E-state index is 0.0642. The maximum absolute atomic E-state index is 12.8. The zero-order valence-electron chi connectivity index (χ0n) is 17.3. The molecule has 1 aliphatic heterocycles. The van der Waals surface area contributed by atoms with Crippen molar-refractivity contribution in [1.82, 2.24) is 9.97 Å². The quantitative estimate of drug-likeness (QED) is 0.724. The standard InChI is InChI=1S/C24H26N4O2/c1-17-23-20(14-19(15-21(23)29)22-8-5-13-30-22)26-24(25-17)28-11-9-27(10-12-28)16-18-6-3-2-4-7-18/h2-8,13,19H,9-12,14-16H2,1H3/p+1/t19-/m0/s1. The van der Waals surface area contributed by atoms with Gasteiger partial charge in [0.05, 0.1) is 49.4 Å². The van der Waals surface area contributed by atoms with Crippen LogP contribution in [-0.2, 0) is 13.0 Å². The molecule has 3 heterocycles. The van der Waals surface area contributed by atoms with E-state index < -0.39 is 0 Å². The van der Waals surface area contributed by atoms with Crippen LogP contribution in [0, 0.1) is 6.92 Å². The summed E-state index contributed by atoms with van der Waals surface area (Å²) in [6.45, 7) is 6.96. The first-order chi connectivity index (χ1) is 14.7. The number of carbonyl (C=O) groups excluding carboxylic acids is 1. The van der Waals surface area contributed by atoms with E-state index in [2.05, 4.69) is 35.2 Å². The van der Waals surface area contributed by atoms with E-state index in [0.29, 0.717) is 6.42 Å². The van der Waals surface area contributed by atoms with Crippen molar-refractivity contribution < 1.29 is 14.1 Å². The van der Waals surface area contributed by atoms with E-state index >= 15 is 0 Å². The fraction of sp³-hybridized carbons (Fsp3) is 0.375. The predicted molar refractivity (Wildman–Crippen MR) is 114 cm³/mol. The number of furan rings is 1. The lowest BCUT2D eigenvalue weighted by atomic mass is 9.84. The Morgan fingerprint density at radius 3 is 2.60 bits per heavy atom. The van der Waals surface area contributed by atoms with E-state index in [0.717, 1.165) is 67.8 Å². The highest BCUT2D eigenvalue weighted by Crippen LogP contribution is 2.33. The molecule has 2 aromatic heterocycles. The molecule has 0 saturated carbocycles. The van der Waals surface area contributed by atoms with E-state index in [-0.39, 0.29) is 11.7 Å². The minimum absolute atomic E-state index is 0.0642. The van der Waals surface area contributed by atoms with Gasteiger partial charge in [0.25, 0.3) is 0 Å². The molecule has 30 heavy (non-hydrogen) atoms. The minimum Gasteiger partial charge on any atom is -0.469 e. The molecular formula is C24H27N4O2+. The molecule has 0 bridgehead atoms. The molecule has 0 spiro atoms. The third-order valence-corrected chi connectivity index (χ3v) is 6.30. The fourth-order valence-corrected chi connectivity index (χ4v) is 4.71. The number of piperazine rings is 1. The molecule has 0 unspecified atom stereocenters. The van der Waals surface area contributed by atoms with Gasteiger partial charge >= 0.3 is 0 Å². The number of nitrogens with one attached hydrogen (secondary N) is 1. The van der Waals surface area contributed by atoms with Crippen molar-refractivity contribution in [1.29, 1.82) is 0 Å². The summed E-state index contributed by atoms with van der Waals surface area (Å²) in [6.07, 6.45) is 2.86. The molecule has 1 aromatic carbocycles. The van der Waals surface area contributed by atoms with Gasteiger partial charge in [-0.2, -0.15) is 0 Å². The number of benzene rings is 1. The Kier molecular flexibility index (Phi) is 5.09. The number of hydrogen-bond acceptors (Lipinski definition) is 5. The molecule has 1 atom stereocenters. The van der Waals surface area contributed by atoms with Gasteiger partial charge in [0, 0.05) is 24.3 Å². The summed E-state index contributed by atoms with van der Waals surface area (Å²) in [4.78, 5) is 26.2. The number of rotatable bonds is 4. The summed E-state index contributed by atoms with van der Waals surface area (Å²) in [6, 6.07) is 14.5. The van der Waals surface area contributed by atoms with Gasteiger partial charge in [-0.25, -0.2) is 9.97 Å².